The lowest BCUT2D eigenvalue weighted by atomic mass is 9.81. The van der Waals surface area contributed by atoms with Crippen LogP contribution in [0.15, 0.2) is 0 Å². The van der Waals surface area contributed by atoms with Gasteiger partial charge in [0.1, 0.15) is 0 Å². The molecule has 1 fully saturated rings. The van der Waals surface area contributed by atoms with Gasteiger partial charge < -0.3 is 11.1 Å². The van der Waals surface area contributed by atoms with E-state index in [0.29, 0.717) is 5.92 Å². The Bertz CT molecular complexity index is 296. The third-order valence-electron chi connectivity index (χ3n) is 3.34. The van der Waals surface area contributed by atoms with E-state index < -0.39 is 5.54 Å². The molecule has 1 amide bonds. The van der Waals surface area contributed by atoms with Crippen LogP contribution in [0.5, 0.6) is 0 Å². The molecule has 0 aromatic rings. The van der Waals surface area contributed by atoms with Gasteiger partial charge in [-0.25, -0.2) is 0 Å². The van der Waals surface area contributed by atoms with Gasteiger partial charge in [0.15, 0.2) is 0 Å². The number of rotatable bonds is 4. The fourth-order valence-corrected chi connectivity index (χ4v) is 2.68. The van der Waals surface area contributed by atoms with E-state index in [0.717, 1.165) is 19.3 Å². The lowest BCUT2D eigenvalue weighted by Gasteiger charge is -2.36. The summed E-state index contributed by atoms with van der Waals surface area (Å²) in [4.78, 5) is 12.2. The molecular formula is C14H28N2O. The van der Waals surface area contributed by atoms with Gasteiger partial charge in [-0.15, -0.1) is 0 Å². The van der Waals surface area contributed by atoms with Crippen LogP contribution in [0.1, 0.15) is 60.8 Å². The summed E-state index contributed by atoms with van der Waals surface area (Å²) in [7, 11) is 0. The second-order valence-electron chi connectivity index (χ2n) is 7.63. The predicted molar refractivity (Wildman–Crippen MR) is 71.6 cm³/mol. The molecule has 1 atom stereocenters. The maximum absolute atomic E-state index is 12.2. The first kappa shape index (κ1) is 14.5. The van der Waals surface area contributed by atoms with E-state index in [9.17, 15) is 4.79 Å². The minimum absolute atomic E-state index is 0.00532. The van der Waals surface area contributed by atoms with Gasteiger partial charge in [-0.05, 0) is 51.4 Å². The number of hydrogen-bond donors (Lipinski definition) is 2. The first-order valence-corrected chi connectivity index (χ1v) is 6.56. The molecule has 0 spiro atoms. The number of nitrogens with two attached hydrogens (primary N) is 1. The van der Waals surface area contributed by atoms with Crippen LogP contribution in [-0.2, 0) is 4.79 Å². The lowest BCUT2D eigenvalue weighted by Crippen LogP contribution is -2.59. The highest BCUT2D eigenvalue weighted by Crippen LogP contribution is 2.38. The van der Waals surface area contributed by atoms with Crippen LogP contribution in [0.4, 0.5) is 0 Å². The van der Waals surface area contributed by atoms with Crippen molar-refractivity contribution in [1.29, 1.82) is 0 Å². The summed E-state index contributed by atoms with van der Waals surface area (Å²) in [6, 6.07) is 0. The summed E-state index contributed by atoms with van der Waals surface area (Å²) in [6.45, 7) is 12.5. The van der Waals surface area contributed by atoms with Crippen LogP contribution in [0, 0.1) is 11.3 Å². The minimum atomic E-state index is -0.699. The summed E-state index contributed by atoms with van der Waals surface area (Å²) in [6.07, 6.45) is 3.10. The van der Waals surface area contributed by atoms with E-state index in [2.05, 4.69) is 39.9 Å². The number of nitrogens with one attached hydrogen (secondary N) is 1. The molecule has 17 heavy (non-hydrogen) atoms. The molecule has 1 unspecified atom stereocenters. The Morgan fingerprint density at radius 3 is 2.00 bits per heavy atom. The summed E-state index contributed by atoms with van der Waals surface area (Å²) in [5.41, 5.74) is 5.42. The van der Waals surface area contributed by atoms with E-state index >= 15 is 0 Å². The van der Waals surface area contributed by atoms with Crippen molar-refractivity contribution in [3.05, 3.63) is 0 Å². The highest BCUT2D eigenvalue weighted by Gasteiger charge is 2.45. The van der Waals surface area contributed by atoms with E-state index in [1.54, 1.807) is 0 Å². The van der Waals surface area contributed by atoms with E-state index in [1.807, 2.05) is 6.92 Å². The fraction of sp³-hybridized carbons (Fsp3) is 0.929. The van der Waals surface area contributed by atoms with Gasteiger partial charge in [-0.1, -0.05) is 20.8 Å². The van der Waals surface area contributed by atoms with Gasteiger partial charge >= 0.3 is 0 Å². The van der Waals surface area contributed by atoms with Crippen LogP contribution < -0.4 is 11.1 Å². The molecule has 3 N–H and O–H groups in total. The van der Waals surface area contributed by atoms with Crippen molar-refractivity contribution < 1.29 is 4.79 Å². The predicted octanol–water partition coefficient (Wildman–Crippen LogP) is 2.44. The molecule has 1 rings (SSSR count). The van der Waals surface area contributed by atoms with Gasteiger partial charge in [0, 0.05) is 5.54 Å². The van der Waals surface area contributed by atoms with Crippen molar-refractivity contribution in [3.8, 4) is 0 Å². The van der Waals surface area contributed by atoms with Crippen molar-refractivity contribution in [2.75, 3.05) is 0 Å². The molecule has 0 aromatic carbocycles. The molecule has 0 radical (unpaired) electrons. The Labute approximate surface area is 106 Å². The average Bonchev–Trinajstić information content (AvgIpc) is 2.78. The zero-order chi connectivity index (χ0) is 13.5. The van der Waals surface area contributed by atoms with Crippen LogP contribution in [-0.4, -0.2) is 17.0 Å². The zero-order valence-corrected chi connectivity index (χ0v) is 12.2. The topological polar surface area (TPSA) is 55.1 Å². The Morgan fingerprint density at radius 2 is 1.65 bits per heavy atom. The van der Waals surface area contributed by atoms with Crippen molar-refractivity contribution in [2.24, 2.45) is 17.1 Å². The highest BCUT2D eigenvalue weighted by atomic mass is 16.2. The first-order valence-electron chi connectivity index (χ1n) is 6.56. The van der Waals surface area contributed by atoms with E-state index in [-0.39, 0.29) is 16.9 Å². The fourth-order valence-electron chi connectivity index (χ4n) is 2.68. The van der Waals surface area contributed by atoms with E-state index in [4.69, 9.17) is 5.73 Å². The smallest absolute Gasteiger partial charge is 0.240 e. The molecule has 0 bridgehead atoms. The number of hydrogen-bond acceptors (Lipinski definition) is 2. The third kappa shape index (κ3) is 4.30. The molecule has 0 aliphatic heterocycles. The van der Waals surface area contributed by atoms with Crippen LogP contribution in [0.2, 0.25) is 0 Å². The molecule has 0 heterocycles. The lowest BCUT2D eigenvalue weighted by molar-refractivity contribution is -0.128. The Kier molecular flexibility index (Phi) is 3.64. The van der Waals surface area contributed by atoms with Crippen LogP contribution >= 0.6 is 0 Å². The molecule has 100 valence electrons. The second kappa shape index (κ2) is 4.27. The Morgan fingerprint density at radius 1 is 1.18 bits per heavy atom. The molecule has 3 nitrogen and oxygen atoms in total. The van der Waals surface area contributed by atoms with Crippen molar-refractivity contribution in [1.82, 2.24) is 5.32 Å². The molecule has 0 aromatic heterocycles. The number of carbonyl (C=O) groups is 1. The van der Waals surface area contributed by atoms with E-state index in [1.165, 1.54) is 0 Å². The Hall–Kier alpha value is -0.570. The summed E-state index contributed by atoms with van der Waals surface area (Å²) < 4.78 is 0. The minimum Gasteiger partial charge on any atom is -0.350 e. The zero-order valence-electron chi connectivity index (χ0n) is 12.2. The van der Waals surface area contributed by atoms with Gasteiger partial charge in [0.2, 0.25) is 5.91 Å². The van der Waals surface area contributed by atoms with Crippen LogP contribution in [0.3, 0.4) is 0 Å². The van der Waals surface area contributed by atoms with Gasteiger partial charge in [0.05, 0.1) is 5.54 Å². The third-order valence-corrected chi connectivity index (χ3v) is 3.34. The van der Waals surface area contributed by atoms with Crippen molar-refractivity contribution in [3.63, 3.8) is 0 Å². The average molecular weight is 240 g/mol. The molecule has 1 saturated carbocycles. The molecule has 1 aliphatic rings. The maximum atomic E-state index is 12.2. The summed E-state index contributed by atoms with van der Waals surface area (Å²) >= 11 is 0. The SMILES string of the molecule is CC(C)(C)CC(C)(C)NC(=O)C(C)(N)C1CC1. The summed E-state index contributed by atoms with van der Waals surface area (Å²) in [5, 5.41) is 3.11. The normalized spacial score (nSPS) is 20.9. The van der Waals surface area contributed by atoms with Gasteiger partial charge in [0.25, 0.3) is 0 Å². The number of amides is 1. The largest absolute Gasteiger partial charge is 0.350 e. The summed E-state index contributed by atoms with van der Waals surface area (Å²) in [5.74, 6) is 0.363. The van der Waals surface area contributed by atoms with Gasteiger partial charge in [-0.3, -0.25) is 4.79 Å². The molecule has 0 saturated heterocycles. The maximum Gasteiger partial charge on any atom is 0.240 e. The monoisotopic (exact) mass is 240 g/mol. The first-order chi connectivity index (χ1) is 7.44. The van der Waals surface area contributed by atoms with Crippen LogP contribution in [0.25, 0.3) is 0 Å². The highest BCUT2D eigenvalue weighted by molar-refractivity contribution is 5.87. The van der Waals surface area contributed by atoms with Crippen molar-refractivity contribution in [2.45, 2.75) is 71.9 Å². The number of carbonyl (C=O) groups excluding carboxylic acids is 1. The van der Waals surface area contributed by atoms with Crippen molar-refractivity contribution >= 4 is 5.91 Å². The molecular weight excluding hydrogens is 212 g/mol. The molecule has 3 heteroatoms. The second-order valence-corrected chi connectivity index (χ2v) is 7.63. The Balaban J connectivity index is 2.61. The van der Waals surface area contributed by atoms with Gasteiger partial charge in [-0.2, -0.15) is 0 Å². The quantitative estimate of drug-likeness (QED) is 0.793. The standard InChI is InChI=1S/C14H28N2O/c1-12(2,3)9-13(4,5)16-11(17)14(6,15)10-7-8-10/h10H,7-9,15H2,1-6H3,(H,16,17). The molecule has 1 aliphatic carbocycles.